The summed E-state index contributed by atoms with van der Waals surface area (Å²) in [5.74, 6) is -0.689. The third-order valence-electron chi connectivity index (χ3n) is 5.34. The molecular formula is C22H27N3O4S. The molecule has 2 N–H and O–H groups in total. The van der Waals surface area contributed by atoms with Crippen LogP contribution in [-0.2, 0) is 14.3 Å². The Hall–Kier alpha value is -2.58. The first-order valence-corrected chi connectivity index (χ1v) is 10.8. The first kappa shape index (κ1) is 22.1. The van der Waals surface area contributed by atoms with Crippen LogP contribution in [0.1, 0.15) is 43.8 Å². The molecule has 3 unspecified atom stereocenters. The van der Waals surface area contributed by atoms with Gasteiger partial charge in [0.1, 0.15) is 18.2 Å². The molecule has 3 atom stereocenters. The normalized spacial score (nSPS) is 22.2. The minimum absolute atomic E-state index is 0.0224. The number of thiophene rings is 1. The van der Waals surface area contributed by atoms with Gasteiger partial charge in [0.25, 0.3) is 5.91 Å². The van der Waals surface area contributed by atoms with Crippen molar-refractivity contribution in [3.05, 3.63) is 41.5 Å². The largest absolute Gasteiger partial charge is 0.368 e. The van der Waals surface area contributed by atoms with Crippen LogP contribution in [0.25, 0.3) is 10.4 Å². The van der Waals surface area contributed by atoms with Gasteiger partial charge in [0.2, 0.25) is 5.91 Å². The zero-order chi connectivity index (χ0) is 21.9. The molecule has 30 heavy (non-hydrogen) atoms. The van der Waals surface area contributed by atoms with Gasteiger partial charge in [-0.2, -0.15) is 0 Å². The highest BCUT2D eigenvalue weighted by atomic mass is 32.1. The molecule has 0 saturated carbocycles. The van der Waals surface area contributed by atoms with Crippen LogP contribution >= 0.6 is 11.3 Å². The van der Waals surface area contributed by atoms with E-state index < -0.39 is 17.7 Å². The van der Waals surface area contributed by atoms with Crippen LogP contribution in [0.2, 0.25) is 0 Å². The number of nitrogens with one attached hydrogen (secondary N) is 2. The molecule has 0 bridgehead atoms. The second-order valence-electron chi connectivity index (χ2n) is 8.13. The number of rotatable bonds is 7. The lowest BCUT2D eigenvalue weighted by Crippen LogP contribution is -2.60. The van der Waals surface area contributed by atoms with Gasteiger partial charge >= 0.3 is 0 Å². The molecule has 0 radical (unpaired) electrons. The minimum atomic E-state index is -1.09. The van der Waals surface area contributed by atoms with Crippen molar-refractivity contribution in [3.63, 3.8) is 0 Å². The van der Waals surface area contributed by atoms with E-state index in [0.29, 0.717) is 11.3 Å². The molecule has 0 spiro atoms. The van der Waals surface area contributed by atoms with Crippen molar-refractivity contribution in [2.45, 2.75) is 51.8 Å². The van der Waals surface area contributed by atoms with Gasteiger partial charge in [0, 0.05) is 22.8 Å². The summed E-state index contributed by atoms with van der Waals surface area (Å²) in [6.45, 7) is 7.36. The zero-order valence-electron chi connectivity index (χ0n) is 17.6. The van der Waals surface area contributed by atoms with Crippen LogP contribution in [0.3, 0.4) is 0 Å². The number of pyridine rings is 1. The quantitative estimate of drug-likeness (QED) is 0.705. The topological polar surface area (TPSA) is 97.4 Å². The van der Waals surface area contributed by atoms with Gasteiger partial charge in [-0.25, -0.2) is 0 Å². The zero-order valence-corrected chi connectivity index (χ0v) is 18.4. The first-order chi connectivity index (χ1) is 14.2. The number of ether oxygens (including phenoxy) is 1. The van der Waals surface area contributed by atoms with Crippen molar-refractivity contribution in [3.8, 4) is 10.4 Å². The van der Waals surface area contributed by atoms with Crippen LogP contribution in [0, 0.1) is 5.92 Å². The van der Waals surface area contributed by atoms with Gasteiger partial charge in [-0.1, -0.05) is 19.9 Å². The summed E-state index contributed by atoms with van der Waals surface area (Å²) in [4.78, 5) is 43.6. The monoisotopic (exact) mass is 429 g/mol. The van der Waals surface area contributed by atoms with Crippen molar-refractivity contribution in [1.82, 2.24) is 15.6 Å². The van der Waals surface area contributed by atoms with Gasteiger partial charge in [-0.05, 0) is 44.4 Å². The number of ketones is 1. The standard InChI is InChI=1S/C22H27N3O4S/c1-13(2)10-16(20(27)25-22(4)14(3)29-12-19(22)26)24-21(28)18-8-7-17(30-18)15-6-5-9-23-11-15/h5-9,11,13-14,16H,10,12H2,1-4H3,(H,24,28)(H,25,27). The minimum Gasteiger partial charge on any atom is -0.368 e. The molecule has 0 aromatic carbocycles. The molecular weight excluding hydrogens is 402 g/mol. The highest BCUT2D eigenvalue weighted by Gasteiger charge is 2.47. The van der Waals surface area contributed by atoms with E-state index in [9.17, 15) is 14.4 Å². The van der Waals surface area contributed by atoms with Crippen molar-refractivity contribution in [1.29, 1.82) is 0 Å². The van der Waals surface area contributed by atoms with E-state index in [1.54, 1.807) is 32.3 Å². The maximum absolute atomic E-state index is 13.0. The highest BCUT2D eigenvalue weighted by molar-refractivity contribution is 7.17. The second kappa shape index (κ2) is 9.06. The molecule has 0 aliphatic carbocycles. The summed E-state index contributed by atoms with van der Waals surface area (Å²) in [6, 6.07) is 6.63. The predicted molar refractivity (Wildman–Crippen MR) is 115 cm³/mol. The number of carbonyl (C=O) groups excluding carboxylic acids is 3. The molecule has 3 rings (SSSR count). The maximum atomic E-state index is 13.0. The van der Waals surface area contributed by atoms with E-state index in [2.05, 4.69) is 15.6 Å². The van der Waals surface area contributed by atoms with E-state index in [-0.39, 0.29) is 30.1 Å². The Morgan fingerprint density at radius 3 is 2.70 bits per heavy atom. The summed E-state index contributed by atoms with van der Waals surface area (Å²) in [5.41, 5.74) is -0.160. The number of aromatic nitrogens is 1. The van der Waals surface area contributed by atoms with E-state index in [1.807, 2.05) is 32.0 Å². The Kier molecular flexibility index (Phi) is 6.67. The fraction of sp³-hybridized carbons (Fsp3) is 0.455. The van der Waals surface area contributed by atoms with Crippen molar-refractivity contribution in [2.24, 2.45) is 5.92 Å². The lowest BCUT2D eigenvalue weighted by molar-refractivity contribution is -0.130. The van der Waals surface area contributed by atoms with E-state index in [0.717, 1.165) is 10.4 Å². The number of carbonyl (C=O) groups is 3. The second-order valence-corrected chi connectivity index (χ2v) is 9.21. The fourth-order valence-corrected chi connectivity index (χ4v) is 4.21. The summed E-state index contributed by atoms with van der Waals surface area (Å²) in [5, 5.41) is 5.66. The SMILES string of the molecule is CC(C)CC(NC(=O)c1ccc(-c2cccnc2)s1)C(=O)NC1(C)C(=O)COC1C. The molecule has 3 heterocycles. The molecule has 2 amide bonds. The highest BCUT2D eigenvalue weighted by Crippen LogP contribution is 2.27. The van der Waals surface area contributed by atoms with Crippen LogP contribution in [-0.4, -0.2) is 46.9 Å². The first-order valence-electron chi connectivity index (χ1n) is 9.98. The van der Waals surface area contributed by atoms with E-state index in [4.69, 9.17) is 4.74 Å². The lowest BCUT2D eigenvalue weighted by Gasteiger charge is -2.30. The Morgan fingerprint density at radius 1 is 1.33 bits per heavy atom. The number of amides is 2. The van der Waals surface area contributed by atoms with E-state index >= 15 is 0 Å². The molecule has 2 aromatic heterocycles. The molecule has 8 heteroatoms. The van der Waals surface area contributed by atoms with Gasteiger partial charge in [-0.3, -0.25) is 19.4 Å². The van der Waals surface area contributed by atoms with Gasteiger partial charge in [-0.15, -0.1) is 11.3 Å². The van der Waals surface area contributed by atoms with Gasteiger partial charge in [0.05, 0.1) is 11.0 Å². The van der Waals surface area contributed by atoms with Crippen LogP contribution in [0.4, 0.5) is 0 Å². The predicted octanol–water partition coefficient (Wildman–Crippen LogP) is 2.82. The molecule has 1 fully saturated rings. The summed E-state index contributed by atoms with van der Waals surface area (Å²) >= 11 is 1.34. The van der Waals surface area contributed by atoms with Crippen molar-refractivity contribution < 1.29 is 19.1 Å². The lowest BCUT2D eigenvalue weighted by atomic mass is 9.92. The van der Waals surface area contributed by atoms with Crippen LogP contribution in [0.5, 0.6) is 0 Å². The van der Waals surface area contributed by atoms with Gasteiger partial charge in [0.15, 0.2) is 5.78 Å². The average molecular weight is 430 g/mol. The Labute approximate surface area is 180 Å². The van der Waals surface area contributed by atoms with Gasteiger partial charge < -0.3 is 15.4 Å². The van der Waals surface area contributed by atoms with Crippen molar-refractivity contribution >= 4 is 28.9 Å². The third-order valence-corrected chi connectivity index (χ3v) is 6.48. The number of nitrogens with zero attached hydrogens (tertiary/aromatic N) is 1. The Morgan fingerprint density at radius 2 is 2.10 bits per heavy atom. The third kappa shape index (κ3) is 4.76. The molecule has 1 aliphatic rings. The number of hydrogen-bond donors (Lipinski definition) is 2. The summed E-state index contributed by atoms with van der Waals surface area (Å²) < 4.78 is 5.38. The van der Waals surface area contributed by atoms with Crippen LogP contribution < -0.4 is 10.6 Å². The Bertz CT molecular complexity index is 927. The number of Topliss-reactive ketones (excluding diaryl/α,β-unsaturated/α-hetero) is 1. The number of hydrogen-bond acceptors (Lipinski definition) is 6. The average Bonchev–Trinajstić information content (AvgIpc) is 3.29. The maximum Gasteiger partial charge on any atom is 0.262 e. The molecule has 160 valence electrons. The molecule has 1 saturated heterocycles. The molecule has 1 aliphatic heterocycles. The van der Waals surface area contributed by atoms with Crippen LogP contribution in [0.15, 0.2) is 36.7 Å². The summed E-state index contributed by atoms with van der Waals surface area (Å²) in [7, 11) is 0. The molecule has 2 aromatic rings. The molecule has 7 nitrogen and oxygen atoms in total. The Balaban J connectivity index is 1.73. The van der Waals surface area contributed by atoms with Crippen molar-refractivity contribution in [2.75, 3.05) is 6.61 Å². The fourth-order valence-electron chi connectivity index (χ4n) is 3.31. The summed E-state index contributed by atoms with van der Waals surface area (Å²) in [6.07, 6.45) is 3.47. The van der Waals surface area contributed by atoms with E-state index in [1.165, 1.54) is 11.3 Å². The smallest absolute Gasteiger partial charge is 0.262 e.